The highest BCUT2D eigenvalue weighted by molar-refractivity contribution is 7.17. The molecular formula is C26H24ClN3O5S. The van der Waals surface area contributed by atoms with Gasteiger partial charge in [0, 0.05) is 9.90 Å². The highest BCUT2D eigenvalue weighted by atomic mass is 35.5. The first-order valence-electron chi connectivity index (χ1n) is 11.3. The maximum absolute atomic E-state index is 12.4. The number of nitrogens with one attached hydrogen (secondary N) is 2. The molecule has 2 aromatic carbocycles. The average molecular weight is 526 g/mol. The van der Waals surface area contributed by atoms with Crippen molar-refractivity contribution in [3.63, 3.8) is 0 Å². The van der Waals surface area contributed by atoms with Crippen molar-refractivity contribution in [2.45, 2.75) is 32.3 Å². The summed E-state index contributed by atoms with van der Waals surface area (Å²) in [6.07, 6.45) is 4.97. The minimum atomic E-state index is -0.949. The zero-order valence-electron chi connectivity index (χ0n) is 19.5. The summed E-state index contributed by atoms with van der Waals surface area (Å²) in [4.78, 5) is 38.0. The summed E-state index contributed by atoms with van der Waals surface area (Å²) in [6.45, 7) is 0.379. The SMILES string of the molecule is COC(=O)c1c(NC(=O)C(=O)NN=Cc2ccc(OCc3cccc(Cl)c3)cc2)sc2c1CCCC2. The average Bonchev–Trinajstić information content (AvgIpc) is 3.25. The molecule has 0 atom stereocenters. The monoisotopic (exact) mass is 525 g/mol. The fourth-order valence-electron chi connectivity index (χ4n) is 3.79. The second-order valence-corrected chi connectivity index (χ2v) is 9.59. The van der Waals surface area contributed by atoms with Crippen LogP contribution in [0.1, 0.15) is 44.8 Å². The quantitative estimate of drug-likeness (QED) is 0.201. The van der Waals surface area contributed by atoms with Crippen molar-refractivity contribution in [1.29, 1.82) is 0 Å². The Balaban J connectivity index is 1.31. The molecule has 4 rings (SSSR count). The first-order chi connectivity index (χ1) is 17.4. The van der Waals surface area contributed by atoms with Gasteiger partial charge in [-0.3, -0.25) is 9.59 Å². The second-order valence-electron chi connectivity index (χ2n) is 8.05. The number of hydrogen-bond acceptors (Lipinski definition) is 7. The first kappa shape index (κ1) is 25.4. The van der Waals surface area contributed by atoms with E-state index in [0.717, 1.165) is 41.7 Å². The molecule has 0 unspecified atom stereocenters. The van der Waals surface area contributed by atoms with Gasteiger partial charge in [-0.2, -0.15) is 5.10 Å². The predicted molar refractivity (Wildman–Crippen MR) is 139 cm³/mol. The van der Waals surface area contributed by atoms with Crippen LogP contribution in [0.4, 0.5) is 5.00 Å². The molecule has 1 heterocycles. The Morgan fingerprint density at radius 3 is 2.61 bits per heavy atom. The van der Waals surface area contributed by atoms with E-state index in [1.165, 1.54) is 24.7 Å². The Hall–Kier alpha value is -3.69. The number of aryl methyl sites for hydroxylation is 1. The van der Waals surface area contributed by atoms with Crippen molar-refractivity contribution < 1.29 is 23.9 Å². The van der Waals surface area contributed by atoms with Gasteiger partial charge in [0.25, 0.3) is 0 Å². The van der Waals surface area contributed by atoms with Gasteiger partial charge in [0.15, 0.2) is 0 Å². The molecule has 0 fully saturated rings. The lowest BCUT2D eigenvalue weighted by molar-refractivity contribution is -0.136. The van der Waals surface area contributed by atoms with E-state index in [4.69, 9.17) is 21.1 Å². The van der Waals surface area contributed by atoms with Crippen LogP contribution in [0.2, 0.25) is 5.02 Å². The first-order valence-corrected chi connectivity index (χ1v) is 12.5. The zero-order valence-corrected chi connectivity index (χ0v) is 21.1. The van der Waals surface area contributed by atoms with Gasteiger partial charge in [0.05, 0.1) is 18.9 Å². The number of thiophene rings is 1. The number of nitrogens with zero attached hydrogens (tertiary/aromatic N) is 1. The number of carbonyl (C=O) groups excluding carboxylic acids is 3. The fourth-order valence-corrected chi connectivity index (χ4v) is 5.28. The van der Waals surface area contributed by atoms with Crippen LogP contribution in [-0.2, 0) is 33.8 Å². The lowest BCUT2D eigenvalue weighted by Gasteiger charge is -2.11. The van der Waals surface area contributed by atoms with Gasteiger partial charge in [0.1, 0.15) is 17.4 Å². The molecule has 0 radical (unpaired) electrons. The molecule has 3 aromatic rings. The summed E-state index contributed by atoms with van der Waals surface area (Å²) < 4.78 is 10.6. The standard InChI is InChI=1S/C26H24ClN3O5S/c1-34-26(33)22-20-7-2-3-8-21(20)36-25(22)29-23(31)24(32)30-28-14-16-9-11-19(12-10-16)35-15-17-5-4-6-18(27)13-17/h4-6,9-14H,2-3,7-8,15H2,1H3,(H,29,31)(H,30,32). The topological polar surface area (TPSA) is 106 Å². The smallest absolute Gasteiger partial charge is 0.341 e. The van der Waals surface area contributed by atoms with Crippen LogP contribution in [0.5, 0.6) is 5.75 Å². The minimum absolute atomic E-state index is 0.325. The number of rotatable bonds is 7. The molecule has 2 N–H and O–H groups in total. The van der Waals surface area contributed by atoms with E-state index in [1.807, 2.05) is 18.2 Å². The number of hydrogen-bond donors (Lipinski definition) is 2. The number of fused-ring (bicyclic) bond motifs is 1. The van der Waals surface area contributed by atoms with E-state index in [9.17, 15) is 14.4 Å². The van der Waals surface area contributed by atoms with E-state index in [1.54, 1.807) is 30.3 Å². The van der Waals surface area contributed by atoms with Crippen LogP contribution < -0.4 is 15.5 Å². The number of halogens is 1. The third-order valence-corrected chi connectivity index (χ3v) is 6.99. The van der Waals surface area contributed by atoms with Crippen LogP contribution in [-0.4, -0.2) is 31.1 Å². The fraction of sp³-hybridized carbons (Fsp3) is 0.231. The van der Waals surface area contributed by atoms with E-state index < -0.39 is 17.8 Å². The molecular weight excluding hydrogens is 502 g/mol. The lowest BCUT2D eigenvalue weighted by atomic mass is 9.95. The zero-order chi connectivity index (χ0) is 25.5. The number of carbonyl (C=O) groups is 3. The largest absolute Gasteiger partial charge is 0.489 e. The minimum Gasteiger partial charge on any atom is -0.489 e. The Labute approximate surface area is 217 Å². The second kappa shape index (κ2) is 11.8. The van der Waals surface area contributed by atoms with Crippen molar-refractivity contribution in [3.05, 3.63) is 80.7 Å². The van der Waals surface area contributed by atoms with Gasteiger partial charge in [-0.15, -0.1) is 11.3 Å². The summed E-state index contributed by atoms with van der Waals surface area (Å²) in [7, 11) is 1.29. The Morgan fingerprint density at radius 2 is 1.86 bits per heavy atom. The molecule has 1 aromatic heterocycles. The molecule has 186 valence electrons. The molecule has 0 saturated carbocycles. The molecule has 2 amide bonds. The van der Waals surface area contributed by atoms with E-state index in [2.05, 4.69) is 15.8 Å². The van der Waals surface area contributed by atoms with Gasteiger partial charge in [-0.1, -0.05) is 23.7 Å². The molecule has 8 nitrogen and oxygen atoms in total. The van der Waals surface area contributed by atoms with Crippen LogP contribution in [0.15, 0.2) is 53.6 Å². The van der Waals surface area contributed by atoms with E-state index in [0.29, 0.717) is 33.5 Å². The van der Waals surface area contributed by atoms with Crippen molar-refractivity contribution in [2.75, 3.05) is 12.4 Å². The molecule has 36 heavy (non-hydrogen) atoms. The van der Waals surface area contributed by atoms with Crippen molar-refractivity contribution in [3.8, 4) is 5.75 Å². The van der Waals surface area contributed by atoms with Crippen molar-refractivity contribution in [1.82, 2.24) is 5.43 Å². The normalized spacial score (nSPS) is 12.6. The predicted octanol–water partition coefficient (Wildman–Crippen LogP) is 4.73. The van der Waals surface area contributed by atoms with Gasteiger partial charge >= 0.3 is 17.8 Å². The molecule has 0 saturated heterocycles. The Bertz CT molecular complexity index is 1300. The molecule has 10 heteroatoms. The van der Waals surface area contributed by atoms with Crippen molar-refractivity contribution >= 4 is 51.9 Å². The van der Waals surface area contributed by atoms with Gasteiger partial charge in [0.2, 0.25) is 0 Å². The molecule has 0 bridgehead atoms. The van der Waals surface area contributed by atoms with Crippen LogP contribution in [0, 0.1) is 0 Å². The Morgan fingerprint density at radius 1 is 1.08 bits per heavy atom. The number of anilines is 1. The highest BCUT2D eigenvalue weighted by Gasteiger charge is 2.28. The van der Waals surface area contributed by atoms with Gasteiger partial charge in [-0.25, -0.2) is 10.2 Å². The molecule has 0 aliphatic heterocycles. The summed E-state index contributed by atoms with van der Waals surface area (Å²) in [5.74, 6) is -1.73. The third-order valence-electron chi connectivity index (χ3n) is 5.55. The highest BCUT2D eigenvalue weighted by Crippen LogP contribution is 2.38. The molecule has 1 aliphatic carbocycles. The summed E-state index contributed by atoms with van der Waals surface area (Å²) in [5, 5.41) is 7.36. The molecule has 1 aliphatic rings. The number of ether oxygens (including phenoxy) is 2. The van der Waals surface area contributed by atoms with Crippen LogP contribution in [0.25, 0.3) is 0 Å². The number of benzene rings is 2. The van der Waals surface area contributed by atoms with Gasteiger partial charge in [-0.05, 0) is 78.8 Å². The number of hydrazone groups is 1. The molecule has 0 spiro atoms. The van der Waals surface area contributed by atoms with E-state index >= 15 is 0 Å². The van der Waals surface area contributed by atoms with Crippen LogP contribution >= 0.6 is 22.9 Å². The summed E-state index contributed by atoms with van der Waals surface area (Å²) >= 11 is 7.29. The summed E-state index contributed by atoms with van der Waals surface area (Å²) in [6, 6.07) is 14.5. The number of methoxy groups -OCH3 is 1. The number of amides is 2. The van der Waals surface area contributed by atoms with E-state index in [-0.39, 0.29) is 0 Å². The maximum Gasteiger partial charge on any atom is 0.341 e. The maximum atomic E-state index is 12.4. The van der Waals surface area contributed by atoms with Gasteiger partial charge < -0.3 is 14.8 Å². The van der Waals surface area contributed by atoms with Crippen molar-refractivity contribution in [2.24, 2.45) is 5.10 Å². The van der Waals surface area contributed by atoms with Crippen LogP contribution in [0.3, 0.4) is 0 Å². The summed E-state index contributed by atoms with van der Waals surface area (Å²) in [5.41, 5.74) is 5.09. The lowest BCUT2D eigenvalue weighted by Crippen LogP contribution is -2.32. The Kier molecular flexibility index (Phi) is 8.35. The third kappa shape index (κ3) is 6.30. The number of esters is 1.